The number of carbonyl (C=O) groups excluding carboxylic acids is 1. The summed E-state index contributed by atoms with van der Waals surface area (Å²) in [7, 11) is 0. The second-order valence-corrected chi connectivity index (χ2v) is 22.9. The molecule has 19 nitrogen and oxygen atoms in total. The van der Waals surface area contributed by atoms with Gasteiger partial charge in [-0.1, -0.05) is 219 Å². The number of aliphatic hydroxyl groups is 11. The minimum Gasteiger partial charge on any atom is -0.394 e. The number of ether oxygens (including phenoxy) is 6. The van der Waals surface area contributed by atoms with Gasteiger partial charge < -0.3 is 89.9 Å². The van der Waals surface area contributed by atoms with E-state index < -0.39 is 124 Å². The van der Waals surface area contributed by atoms with E-state index in [9.17, 15) is 61.0 Å². The zero-order chi connectivity index (χ0) is 57.6. The highest BCUT2D eigenvalue weighted by atomic mass is 16.8. The van der Waals surface area contributed by atoms with Gasteiger partial charge in [-0.3, -0.25) is 4.79 Å². The summed E-state index contributed by atoms with van der Waals surface area (Å²) in [6, 6.07) is -0.965. The van der Waals surface area contributed by atoms with Crippen molar-refractivity contribution in [3.05, 3.63) is 12.2 Å². The quantitative estimate of drug-likeness (QED) is 0.0240. The topological polar surface area (TPSA) is 307 Å². The lowest BCUT2D eigenvalue weighted by atomic mass is 9.96. The van der Waals surface area contributed by atoms with Gasteiger partial charge in [0.05, 0.1) is 38.6 Å². The molecule has 0 bridgehead atoms. The summed E-state index contributed by atoms with van der Waals surface area (Å²) >= 11 is 0. The van der Waals surface area contributed by atoms with Gasteiger partial charge in [0.25, 0.3) is 0 Å². The molecule has 0 spiro atoms. The summed E-state index contributed by atoms with van der Waals surface area (Å²) in [6.45, 7) is 1.70. The van der Waals surface area contributed by atoms with E-state index in [1.165, 1.54) is 161 Å². The van der Waals surface area contributed by atoms with E-state index in [4.69, 9.17) is 28.4 Å². The second kappa shape index (κ2) is 44.1. The van der Waals surface area contributed by atoms with Crippen LogP contribution in [0.1, 0.15) is 232 Å². The molecular formula is C60H113NO18. The van der Waals surface area contributed by atoms with Crippen molar-refractivity contribution in [3.63, 3.8) is 0 Å². The lowest BCUT2D eigenvalue weighted by Gasteiger charge is -2.48. The van der Waals surface area contributed by atoms with E-state index in [1.54, 1.807) is 6.08 Å². The molecule has 0 aliphatic carbocycles. The molecule has 79 heavy (non-hydrogen) atoms. The van der Waals surface area contributed by atoms with Gasteiger partial charge >= 0.3 is 0 Å². The maximum Gasteiger partial charge on any atom is 0.220 e. The SMILES string of the molecule is CCCCCCCCC/C=C/C(O)C(COC1OC(CO)C(OC2OC(CO)C(OC3OC(CO)C(O)C(O)C3O)C(O)C2O)C(O)C1O)NC(=O)CCCCCCCCCCCCCCCCCCCCCCCCCCC. The molecule has 3 heterocycles. The standard InChI is InChI=1S/C60H113NO18/c1-3-5-7-9-11-13-14-15-16-17-18-19-20-21-22-23-24-25-26-27-28-30-32-34-36-38-48(66)61-43(44(65)37-35-33-31-29-12-10-8-6-4-2)42-74-58-54(72)51(69)56(46(40-63)76-58)79-60-55(73)52(70)57(47(41-64)77-60)78-59-53(71)50(68)49(67)45(39-62)75-59/h35,37,43-47,49-60,62-65,67-73H,3-34,36,38-42H2,1-2H3,(H,61,66)/b37-35+. The predicted molar refractivity (Wildman–Crippen MR) is 300 cm³/mol. The monoisotopic (exact) mass is 1140 g/mol. The minimum atomic E-state index is -1.97. The Kier molecular flexibility index (Phi) is 40.1. The lowest BCUT2D eigenvalue weighted by Crippen LogP contribution is -2.66. The van der Waals surface area contributed by atoms with Crippen LogP contribution in [0.2, 0.25) is 0 Å². The summed E-state index contributed by atoms with van der Waals surface area (Å²) in [4.78, 5) is 13.3. The molecule has 19 heteroatoms. The number of rotatable bonds is 47. The Hall–Kier alpha value is -1.47. The van der Waals surface area contributed by atoms with E-state index >= 15 is 0 Å². The molecule has 0 aromatic rings. The highest BCUT2D eigenvalue weighted by Crippen LogP contribution is 2.33. The first-order chi connectivity index (χ1) is 38.3. The summed E-state index contributed by atoms with van der Waals surface area (Å²) in [5.41, 5.74) is 0. The summed E-state index contributed by atoms with van der Waals surface area (Å²) in [6.07, 6.45) is 18.0. The fourth-order valence-corrected chi connectivity index (χ4v) is 10.9. The van der Waals surface area contributed by atoms with Crippen molar-refractivity contribution in [1.82, 2.24) is 5.32 Å². The fourth-order valence-electron chi connectivity index (χ4n) is 10.9. The van der Waals surface area contributed by atoms with Gasteiger partial charge in [0.2, 0.25) is 5.91 Å². The molecule has 17 atom stereocenters. The number of hydrogen-bond donors (Lipinski definition) is 12. The maximum atomic E-state index is 13.3. The molecule has 3 saturated heterocycles. The molecule has 0 saturated carbocycles. The third-order valence-corrected chi connectivity index (χ3v) is 16.1. The van der Waals surface area contributed by atoms with Crippen molar-refractivity contribution in [2.24, 2.45) is 0 Å². The first-order valence-corrected chi connectivity index (χ1v) is 31.4. The molecule has 0 aromatic heterocycles. The third-order valence-electron chi connectivity index (χ3n) is 16.1. The molecule has 3 rings (SSSR count). The van der Waals surface area contributed by atoms with Gasteiger partial charge in [0.1, 0.15) is 73.2 Å². The van der Waals surface area contributed by atoms with Gasteiger partial charge in [-0.15, -0.1) is 0 Å². The van der Waals surface area contributed by atoms with Crippen LogP contribution in [0.3, 0.4) is 0 Å². The smallest absolute Gasteiger partial charge is 0.220 e. The predicted octanol–water partition coefficient (Wildman–Crippen LogP) is 6.16. The van der Waals surface area contributed by atoms with Crippen LogP contribution in [0.15, 0.2) is 12.2 Å². The average molecular weight is 1140 g/mol. The normalized spacial score (nSPS) is 30.3. The minimum absolute atomic E-state index is 0.249. The van der Waals surface area contributed by atoms with Crippen LogP contribution < -0.4 is 5.32 Å². The van der Waals surface area contributed by atoms with Crippen LogP contribution in [-0.2, 0) is 33.2 Å². The Morgan fingerprint density at radius 2 is 0.785 bits per heavy atom. The molecule has 1 amide bonds. The summed E-state index contributed by atoms with van der Waals surface area (Å²) in [5, 5.41) is 120. The van der Waals surface area contributed by atoms with E-state index in [-0.39, 0.29) is 18.9 Å². The maximum absolute atomic E-state index is 13.3. The average Bonchev–Trinajstić information content (AvgIpc) is 3.44. The van der Waals surface area contributed by atoms with Crippen molar-refractivity contribution < 1.29 is 89.4 Å². The van der Waals surface area contributed by atoms with E-state index in [0.717, 1.165) is 44.9 Å². The highest BCUT2D eigenvalue weighted by molar-refractivity contribution is 5.76. The Morgan fingerprint density at radius 1 is 0.443 bits per heavy atom. The number of nitrogens with one attached hydrogen (secondary N) is 1. The first-order valence-electron chi connectivity index (χ1n) is 31.4. The molecule has 12 N–H and O–H groups in total. The van der Waals surface area contributed by atoms with Crippen LogP contribution in [0.25, 0.3) is 0 Å². The van der Waals surface area contributed by atoms with Crippen molar-refractivity contribution in [3.8, 4) is 0 Å². The molecule has 3 aliphatic rings. The Labute approximate surface area is 474 Å². The van der Waals surface area contributed by atoms with Crippen molar-refractivity contribution in [2.45, 2.75) is 336 Å². The molecule has 3 aliphatic heterocycles. The van der Waals surface area contributed by atoms with Crippen molar-refractivity contribution in [2.75, 3.05) is 26.4 Å². The third kappa shape index (κ3) is 27.9. The Morgan fingerprint density at radius 3 is 1.19 bits per heavy atom. The number of unbranched alkanes of at least 4 members (excludes halogenated alkanes) is 31. The van der Waals surface area contributed by atoms with E-state index in [1.807, 2.05) is 6.08 Å². The second-order valence-electron chi connectivity index (χ2n) is 22.9. The zero-order valence-electron chi connectivity index (χ0n) is 48.6. The van der Waals surface area contributed by atoms with Gasteiger partial charge in [-0.25, -0.2) is 0 Å². The van der Waals surface area contributed by atoms with Crippen LogP contribution in [0.4, 0.5) is 0 Å². The van der Waals surface area contributed by atoms with Crippen molar-refractivity contribution >= 4 is 5.91 Å². The van der Waals surface area contributed by atoms with Gasteiger partial charge in [-0.2, -0.15) is 0 Å². The molecule has 0 radical (unpaired) electrons. The summed E-state index contributed by atoms with van der Waals surface area (Å²) < 4.78 is 34.2. The number of hydrogen-bond acceptors (Lipinski definition) is 18. The highest BCUT2D eigenvalue weighted by Gasteiger charge is 2.53. The van der Waals surface area contributed by atoms with E-state index in [0.29, 0.717) is 6.42 Å². The largest absolute Gasteiger partial charge is 0.394 e. The van der Waals surface area contributed by atoms with Gasteiger partial charge in [-0.05, 0) is 19.3 Å². The number of carbonyl (C=O) groups is 1. The lowest BCUT2D eigenvalue weighted by molar-refractivity contribution is -0.379. The van der Waals surface area contributed by atoms with Gasteiger partial charge in [0.15, 0.2) is 18.9 Å². The van der Waals surface area contributed by atoms with Crippen LogP contribution in [-0.4, -0.2) is 193 Å². The molecular weight excluding hydrogens is 1020 g/mol. The fraction of sp³-hybridized carbons (Fsp3) is 0.950. The van der Waals surface area contributed by atoms with Crippen molar-refractivity contribution in [1.29, 1.82) is 0 Å². The van der Waals surface area contributed by atoms with Gasteiger partial charge in [0, 0.05) is 6.42 Å². The molecule has 0 aromatic carbocycles. The van der Waals surface area contributed by atoms with Crippen LogP contribution >= 0.6 is 0 Å². The summed E-state index contributed by atoms with van der Waals surface area (Å²) in [5.74, 6) is -0.274. The zero-order valence-corrected chi connectivity index (χ0v) is 48.6. The number of aliphatic hydroxyl groups excluding tert-OH is 11. The van der Waals surface area contributed by atoms with Crippen LogP contribution in [0, 0.1) is 0 Å². The number of amides is 1. The Balaban J connectivity index is 1.40. The van der Waals surface area contributed by atoms with E-state index in [2.05, 4.69) is 19.2 Å². The number of allylic oxidation sites excluding steroid dienone is 1. The molecule has 17 unspecified atom stereocenters. The van der Waals surface area contributed by atoms with Crippen LogP contribution in [0.5, 0.6) is 0 Å². The first kappa shape index (κ1) is 71.8. The Bertz CT molecular complexity index is 1500. The molecule has 466 valence electrons. The molecule has 3 fully saturated rings.